The molecule has 0 saturated heterocycles. The molecule has 20 heavy (non-hydrogen) atoms. The summed E-state index contributed by atoms with van der Waals surface area (Å²) in [6.45, 7) is 0. The van der Waals surface area contributed by atoms with Gasteiger partial charge in [0.2, 0.25) is 0 Å². The number of phenols is 1. The Labute approximate surface area is 132 Å². The average Bonchev–Trinajstić information content (AvgIpc) is 2.78. The molecule has 0 amide bonds. The van der Waals surface area contributed by atoms with Crippen molar-refractivity contribution in [1.29, 1.82) is 0 Å². The van der Waals surface area contributed by atoms with Crippen LogP contribution in [0.25, 0.3) is 0 Å². The van der Waals surface area contributed by atoms with Crippen molar-refractivity contribution in [2.45, 2.75) is 18.9 Å². The highest BCUT2D eigenvalue weighted by molar-refractivity contribution is 6.37. The zero-order valence-corrected chi connectivity index (χ0v) is 12.7. The summed E-state index contributed by atoms with van der Waals surface area (Å²) in [7, 11) is 0. The van der Waals surface area contributed by atoms with E-state index in [4.69, 9.17) is 34.8 Å². The lowest BCUT2D eigenvalue weighted by Gasteiger charge is -2.16. The number of fused-ring (bicyclic) bond motifs is 1. The van der Waals surface area contributed by atoms with Gasteiger partial charge < -0.3 is 10.4 Å². The minimum absolute atomic E-state index is 0.0857. The number of benzene rings is 2. The Morgan fingerprint density at radius 2 is 1.75 bits per heavy atom. The Bertz CT molecular complexity index is 649. The molecule has 0 radical (unpaired) electrons. The van der Waals surface area contributed by atoms with Crippen LogP contribution in [-0.4, -0.2) is 5.11 Å². The maximum Gasteiger partial charge on any atom is 0.152 e. The molecular weight excluding hydrogens is 317 g/mol. The molecule has 0 aromatic heterocycles. The first-order chi connectivity index (χ1) is 9.54. The molecule has 1 aliphatic rings. The Morgan fingerprint density at radius 3 is 2.45 bits per heavy atom. The molecule has 1 aliphatic carbocycles. The Hall–Kier alpha value is -1.09. The molecule has 2 N–H and O–H groups in total. The molecule has 0 heterocycles. The number of phenolic OH excluding ortho intramolecular Hbond substituents is 1. The third-order valence-electron chi connectivity index (χ3n) is 3.54. The topological polar surface area (TPSA) is 32.3 Å². The second-order valence-electron chi connectivity index (χ2n) is 4.87. The van der Waals surface area contributed by atoms with Gasteiger partial charge in [-0.25, -0.2) is 0 Å². The molecule has 2 nitrogen and oxygen atoms in total. The van der Waals surface area contributed by atoms with Crippen molar-refractivity contribution >= 4 is 40.5 Å². The van der Waals surface area contributed by atoms with Gasteiger partial charge in [0.1, 0.15) is 0 Å². The Balaban J connectivity index is 1.87. The van der Waals surface area contributed by atoms with Crippen LogP contribution in [0.4, 0.5) is 5.69 Å². The van der Waals surface area contributed by atoms with Crippen molar-refractivity contribution < 1.29 is 5.11 Å². The van der Waals surface area contributed by atoms with E-state index in [-0.39, 0.29) is 21.8 Å². The normalized spacial score (nSPS) is 17.1. The fraction of sp³-hybridized carbons (Fsp3) is 0.200. The first-order valence-electron chi connectivity index (χ1n) is 6.27. The molecule has 0 saturated carbocycles. The summed E-state index contributed by atoms with van der Waals surface area (Å²) in [6, 6.07) is 9.52. The summed E-state index contributed by atoms with van der Waals surface area (Å²) in [5.74, 6) is -0.0857. The SMILES string of the molecule is Oc1c(Cl)cc(NC2CCc3cc(Cl)ccc32)cc1Cl. The van der Waals surface area contributed by atoms with Gasteiger partial charge in [0.15, 0.2) is 5.75 Å². The highest BCUT2D eigenvalue weighted by atomic mass is 35.5. The summed E-state index contributed by atoms with van der Waals surface area (Å²) < 4.78 is 0. The smallest absolute Gasteiger partial charge is 0.152 e. The van der Waals surface area contributed by atoms with Gasteiger partial charge in [-0.15, -0.1) is 0 Å². The maximum absolute atomic E-state index is 9.57. The number of aryl methyl sites for hydroxylation is 1. The van der Waals surface area contributed by atoms with E-state index in [0.717, 1.165) is 23.6 Å². The van der Waals surface area contributed by atoms with Gasteiger partial charge in [-0.2, -0.15) is 0 Å². The molecule has 1 atom stereocenters. The quantitative estimate of drug-likeness (QED) is 0.718. The van der Waals surface area contributed by atoms with Gasteiger partial charge in [0.05, 0.1) is 16.1 Å². The average molecular weight is 329 g/mol. The highest BCUT2D eigenvalue weighted by Crippen LogP contribution is 2.39. The number of rotatable bonds is 2. The largest absolute Gasteiger partial charge is 0.505 e. The van der Waals surface area contributed by atoms with E-state index < -0.39 is 0 Å². The molecule has 104 valence electrons. The number of hydrogen-bond acceptors (Lipinski definition) is 2. The highest BCUT2D eigenvalue weighted by Gasteiger charge is 2.22. The lowest BCUT2D eigenvalue weighted by Crippen LogP contribution is -2.07. The predicted octanol–water partition coefficient (Wildman–Crippen LogP) is 5.45. The Kier molecular flexibility index (Phi) is 3.72. The van der Waals surface area contributed by atoms with Crippen LogP contribution in [-0.2, 0) is 6.42 Å². The van der Waals surface area contributed by atoms with Crippen molar-refractivity contribution in [3.8, 4) is 5.75 Å². The van der Waals surface area contributed by atoms with Gasteiger partial charge in [0, 0.05) is 10.7 Å². The molecule has 5 heteroatoms. The molecule has 0 bridgehead atoms. The number of nitrogens with one attached hydrogen (secondary N) is 1. The molecule has 0 spiro atoms. The number of aromatic hydroxyl groups is 1. The minimum atomic E-state index is -0.0857. The first kappa shape index (κ1) is 13.9. The van der Waals surface area contributed by atoms with Crippen molar-refractivity contribution in [1.82, 2.24) is 0 Å². The molecule has 2 aromatic carbocycles. The molecule has 3 rings (SSSR count). The van der Waals surface area contributed by atoms with Crippen LogP contribution < -0.4 is 5.32 Å². The fourth-order valence-electron chi connectivity index (χ4n) is 2.59. The predicted molar refractivity (Wildman–Crippen MR) is 84.3 cm³/mol. The van der Waals surface area contributed by atoms with E-state index in [0.29, 0.717) is 0 Å². The molecule has 0 fully saturated rings. The second-order valence-corrected chi connectivity index (χ2v) is 6.12. The minimum Gasteiger partial charge on any atom is -0.505 e. The van der Waals surface area contributed by atoms with E-state index >= 15 is 0 Å². The first-order valence-corrected chi connectivity index (χ1v) is 7.41. The number of hydrogen-bond donors (Lipinski definition) is 2. The third-order valence-corrected chi connectivity index (χ3v) is 4.35. The van der Waals surface area contributed by atoms with E-state index in [2.05, 4.69) is 5.32 Å². The molecule has 1 unspecified atom stereocenters. The van der Waals surface area contributed by atoms with E-state index in [1.54, 1.807) is 12.1 Å². The molecular formula is C15H12Cl3NO. The van der Waals surface area contributed by atoms with Gasteiger partial charge in [0.25, 0.3) is 0 Å². The standard InChI is InChI=1S/C15H12Cl3NO/c16-9-2-3-11-8(5-9)1-4-14(11)19-10-6-12(17)15(20)13(18)7-10/h2-3,5-7,14,19-20H,1,4H2. The van der Waals surface area contributed by atoms with Crippen LogP contribution in [0.3, 0.4) is 0 Å². The van der Waals surface area contributed by atoms with Crippen LogP contribution in [0.2, 0.25) is 15.1 Å². The third kappa shape index (κ3) is 2.56. The number of halogens is 3. The lowest BCUT2D eigenvalue weighted by atomic mass is 10.1. The molecule has 0 aliphatic heterocycles. The van der Waals surface area contributed by atoms with Gasteiger partial charge in [-0.05, 0) is 48.2 Å². The van der Waals surface area contributed by atoms with Crippen molar-refractivity contribution in [2.24, 2.45) is 0 Å². The summed E-state index contributed by atoms with van der Waals surface area (Å²) >= 11 is 17.9. The molecule has 2 aromatic rings. The second kappa shape index (κ2) is 5.36. The monoisotopic (exact) mass is 327 g/mol. The van der Waals surface area contributed by atoms with Crippen LogP contribution in [0.15, 0.2) is 30.3 Å². The zero-order chi connectivity index (χ0) is 14.3. The van der Waals surface area contributed by atoms with Gasteiger partial charge in [-0.1, -0.05) is 40.9 Å². The van der Waals surface area contributed by atoms with Gasteiger partial charge >= 0.3 is 0 Å². The van der Waals surface area contributed by atoms with Crippen molar-refractivity contribution in [2.75, 3.05) is 5.32 Å². The van der Waals surface area contributed by atoms with Crippen molar-refractivity contribution in [3.63, 3.8) is 0 Å². The van der Waals surface area contributed by atoms with E-state index in [1.165, 1.54) is 11.1 Å². The maximum atomic E-state index is 9.57. The summed E-state index contributed by atoms with van der Waals surface area (Å²) in [6.07, 6.45) is 1.99. The van der Waals surface area contributed by atoms with Crippen LogP contribution >= 0.6 is 34.8 Å². The lowest BCUT2D eigenvalue weighted by molar-refractivity contribution is 0.476. The van der Waals surface area contributed by atoms with Crippen LogP contribution in [0.5, 0.6) is 5.75 Å². The van der Waals surface area contributed by atoms with E-state index in [1.807, 2.05) is 18.2 Å². The van der Waals surface area contributed by atoms with Crippen LogP contribution in [0.1, 0.15) is 23.6 Å². The summed E-state index contributed by atoms with van der Waals surface area (Å²) in [5, 5.41) is 14.2. The van der Waals surface area contributed by atoms with Crippen molar-refractivity contribution in [3.05, 3.63) is 56.5 Å². The fourth-order valence-corrected chi connectivity index (χ4v) is 3.27. The number of anilines is 1. The summed E-state index contributed by atoms with van der Waals surface area (Å²) in [4.78, 5) is 0. The van der Waals surface area contributed by atoms with E-state index in [9.17, 15) is 5.11 Å². The summed E-state index contributed by atoms with van der Waals surface area (Å²) in [5.41, 5.74) is 3.31. The zero-order valence-electron chi connectivity index (χ0n) is 10.5. The Morgan fingerprint density at radius 1 is 1.05 bits per heavy atom. The van der Waals surface area contributed by atoms with Gasteiger partial charge in [-0.3, -0.25) is 0 Å². The van der Waals surface area contributed by atoms with Crippen LogP contribution in [0, 0.1) is 0 Å².